The van der Waals surface area contributed by atoms with Crippen molar-refractivity contribution in [2.24, 2.45) is 0 Å². The fraction of sp³-hybridized carbons (Fsp3) is 0.267. The molecule has 94 valence electrons. The molecule has 1 aromatic carbocycles. The highest BCUT2D eigenvalue weighted by molar-refractivity contribution is 9.08. The van der Waals surface area contributed by atoms with Crippen molar-refractivity contribution in [3.63, 3.8) is 0 Å². The van der Waals surface area contributed by atoms with Crippen LogP contribution in [-0.2, 0) is 11.9 Å². The lowest BCUT2D eigenvalue weighted by atomic mass is 10.1. The van der Waals surface area contributed by atoms with Crippen LogP contribution >= 0.6 is 15.9 Å². The molecule has 0 saturated carbocycles. The van der Waals surface area contributed by atoms with Gasteiger partial charge in [0.25, 0.3) is 0 Å². The summed E-state index contributed by atoms with van der Waals surface area (Å²) in [6.45, 7) is 4.78. The van der Waals surface area contributed by atoms with E-state index in [2.05, 4.69) is 53.0 Å². The molecular formula is C15H16BrNO. The van der Waals surface area contributed by atoms with E-state index in [1.807, 2.05) is 12.1 Å². The van der Waals surface area contributed by atoms with E-state index >= 15 is 0 Å². The summed E-state index contributed by atoms with van der Waals surface area (Å²) in [6.07, 6.45) is 1.76. The summed E-state index contributed by atoms with van der Waals surface area (Å²) in [5.41, 5.74) is 4.73. The Morgan fingerprint density at radius 2 is 1.83 bits per heavy atom. The molecule has 2 aromatic rings. The maximum absolute atomic E-state index is 5.72. The summed E-state index contributed by atoms with van der Waals surface area (Å²) in [5.74, 6) is 0.804. The molecule has 0 aliphatic rings. The predicted molar refractivity (Wildman–Crippen MR) is 77.1 cm³/mol. The quantitative estimate of drug-likeness (QED) is 0.791. The number of alkyl halides is 1. The van der Waals surface area contributed by atoms with Gasteiger partial charge in [0.15, 0.2) is 0 Å². The van der Waals surface area contributed by atoms with E-state index in [1.54, 1.807) is 6.20 Å². The molecule has 0 aliphatic carbocycles. The zero-order valence-electron chi connectivity index (χ0n) is 10.6. The van der Waals surface area contributed by atoms with Gasteiger partial charge in [0.05, 0.1) is 11.9 Å². The van der Waals surface area contributed by atoms with E-state index in [1.165, 1.54) is 16.7 Å². The Labute approximate surface area is 116 Å². The highest BCUT2D eigenvalue weighted by Crippen LogP contribution is 2.15. The number of hydrogen-bond donors (Lipinski definition) is 0. The third-order valence-corrected chi connectivity index (χ3v) is 3.20. The van der Waals surface area contributed by atoms with Crippen molar-refractivity contribution in [1.82, 2.24) is 4.98 Å². The molecule has 0 N–H and O–H groups in total. The first-order valence-electron chi connectivity index (χ1n) is 5.88. The first-order chi connectivity index (χ1) is 8.67. The summed E-state index contributed by atoms with van der Waals surface area (Å²) in [6, 6.07) is 10.4. The van der Waals surface area contributed by atoms with Crippen LogP contribution in [-0.4, -0.2) is 4.98 Å². The van der Waals surface area contributed by atoms with Gasteiger partial charge in [0, 0.05) is 5.33 Å². The number of hydrogen-bond acceptors (Lipinski definition) is 2. The minimum Gasteiger partial charge on any atom is -0.487 e. The van der Waals surface area contributed by atoms with Gasteiger partial charge in [0.2, 0.25) is 0 Å². The number of aromatic nitrogens is 1. The Kier molecular flexibility index (Phi) is 4.37. The molecule has 3 heteroatoms. The van der Waals surface area contributed by atoms with Crippen molar-refractivity contribution in [2.75, 3.05) is 0 Å². The molecule has 0 fully saturated rings. The molecule has 0 amide bonds. The average Bonchev–Trinajstić information content (AvgIpc) is 2.36. The van der Waals surface area contributed by atoms with Crippen molar-refractivity contribution >= 4 is 15.9 Å². The van der Waals surface area contributed by atoms with Crippen molar-refractivity contribution in [1.29, 1.82) is 0 Å². The third kappa shape index (κ3) is 3.57. The smallest absolute Gasteiger partial charge is 0.138 e. The topological polar surface area (TPSA) is 22.1 Å². The Morgan fingerprint density at radius 1 is 1.11 bits per heavy atom. The Morgan fingerprint density at radius 3 is 2.39 bits per heavy atom. The molecule has 0 bridgehead atoms. The summed E-state index contributed by atoms with van der Waals surface area (Å²) in [4.78, 5) is 4.27. The lowest BCUT2D eigenvalue weighted by Crippen LogP contribution is -1.97. The number of nitrogens with zero attached hydrogens (tertiary/aromatic N) is 1. The van der Waals surface area contributed by atoms with Gasteiger partial charge in [-0.2, -0.15) is 0 Å². The van der Waals surface area contributed by atoms with Crippen LogP contribution < -0.4 is 4.74 Å². The molecule has 0 spiro atoms. The van der Waals surface area contributed by atoms with Crippen LogP contribution in [0.5, 0.6) is 5.75 Å². The van der Waals surface area contributed by atoms with Crippen molar-refractivity contribution in [3.8, 4) is 5.75 Å². The number of halogens is 1. The van der Waals surface area contributed by atoms with Gasteiger partial charge in [-0.3, -0.25) is 4.98 Å². The molecule has 1 aromatic heterocycles. The zero-order chi connectivity index (χ0) is 13.0. The fourth-order valence-corrected chi connectivity index (χ4v) is 2.23. The number of ether oxygens (including phenoxy) is 1. The first kappa shape index (κ1) is 13.1. The van der Waals surface area contributed by atoms with Crippen LogP contribution in [0.1, 0.15) is 22.4 Å². The molecule has 0 aliphatic heterocycles. The van der Waals surface area contributed by atoms with Crippen molar-refractivity contribution in [2.45, 2.75) is 25.8 Å². The van der Waals surface area contributed by atoms with Crippen molar-refractivity contribution < 1.29 is 4.74 Å². The van der Waals surface area contributed by atoms with E-state index < -0.39 is 0 Å². The zero-order valence-corrected chi connectivity index (χ0v) is 12.2. The van der Waals surface area contributed by atoms with Crippen molar-refractivity contribution in [3.05, 3.63) is 58.9 Å². The van der Waals surface area contributed by atoms with Gasteiger partial charge >= 0.3 is 0 Å². The molecule has 2 nitrogen and oxygen atoms in total. The van der Waals surface area contributed by atoms with Gasteiger partial charge in [-0.1, -0.05) is 45.3 Å². The SMILES string of the molecule is Cc1cc(C)cc(COc2ccc(CBr)nc2)c1. The van der Waals surface area contributed by atoms with E-state index in [9.17, 15) is 0 Å². The van der Waals surface area contributed by atoms with Crippen LogP contribution in [0.4, 0.5) is 0 Å². The largest absolute Gasteiger partial charge is 0.487 e. The molecule has 0 atom stereocenters. The normalized spacial score (nSPS) is 10.4. The molecular weight excluding hydrogens is 290 g/mol. The lowest BCUT2D eigenvalue weighted by molar-refractivity contribution is 0.304. The second kappa shape index (κ2) is 6.01. The van der Waals surface area contributed by atoms with E-state index in [4.69, 9.17) is 4.74 Å². The molecule has 0 saturated heterocycles. The van der Waals surface area contributed by atoms with Crippen LogP contribution in [0.2, 0.25) is 0 Å². The van der Waals surface area contributed by atoms with Crippen LogP contribution in [0, 0.1) is 13.8 Å². The van der Waals surface area contributed by atoms with E-state index in [0.717, 1.165) is 16.8 Å². The van der Waals surface area contributed by atoms with Gasteiger partial charge in [-0.15, -0.1) is 0 Å². The second-order valence-corrected chi connectivity index (χ2v) is 4.96. The Bertz CT molecular complexity index is 502. The molecule has 0 unspecified atom stereocenters. The summed E-state index contributed by atoms with van der Waals surface area (Å²) >= 11 is 3.37. The number of aryl methyl sites for hydroxylation is 2. The Balaban J connectivity index is 2.01. The van der Waals surface area contributed by atoms with Crippen LogP contribution in [0.15, 0.2) is 36.5 Å². The maximum Gasteiger partial charge on any atom is 0.138 e. The fourth-order valence-electron chi connectivity index (χ4n) is 1.89. The van der Waals surface area contributed by atoms with Gasteiger partial charge in [-0.05, 0) is 31.5 Å². The summed E-state index contributed by atoms with van der Waals surface area (Å²) < 4.78 is 5.72. The van der Waals surface area contributed by atoms with Crippen LogP contribution in [0.25, 0.3) is 0 Å². The minimum absolute atomic E-state index is 0.581. The molecule has 18 heavy (non-hydrogen) atoms. The monoisotopic (exact) mass is 305 g/mol. The maximum atomic E-state index is 5.72. The second-order valence-electron chi connectivity index (χ2n) is 4.40. The molecule has 1 heterocycles. The van der Waals surface area contributed by atoms with Gasteiger partial charge in [-0.25, -0.2) is 0 Å². The van der Waals surface area contributed by atoms with E-state index in [-0.39, 0.29) is 0 Å². The summed E-state index contributed by atoms with van der Waals surface area (Å²) in [7, 11) is 0. The van der Waals surface area contributed by atoms with Gasteiger partial charge < -0.3 is 4.74 Å². The highest BCUT2D eigenvalue weighted by Gasteiger charge is 1.99. The van der Waals surface area contributed by atoms with Gasteiger partial charge in [0.1, 0.15) is 12.4 Å². The highest BCUT2D eigenvalue weighted by atomic mass is 79.9. The number of pyridine rings is 1. The number of benzene rings is 1. The summed E-state index contributed by atoms with van der Waals surface area (Å²) in [5, 5.41) is 0.768. The standard InChI is InChI=1S/C15H16BrNO/c1-11-5-12(2)7-13(6-11)10-18-15-4-3-14(8-16)17-9-15/h3-7,9H,8,10H2,1-2H3. The minimum atomic E-state index is 0.581. The molecule has 2 rings (SSSR count). The third-order valence-electron chi connectivity index (χ3n) is 2.62. The van der Waals surface area contributed by atoms with E-state index in [0.29, 0.717) is 6.61 Å². The lowest BCUT2D eigenvalue weighted by Gasteiger charge is -2.08. The number of rotatable bonds is 4. The Hall–Kier alpha value is -1.35. The predicted octanol–water partition coefficient (Wildman–Crippen LogP) is 4.17. The molecule has 0 radical (unpaired) electrons. The first-order valence-corrected chi connectivity index (χ1v) is 7.00. The van der Waals surface area contributed by atoms with Crippen LogP contribution in [0.3, 0.4) is 0 Å². The average molecular weight is 306 g/mol.